The normalized spacial score (nSPS) is 17.7. The summed E-state index contributed by atoms with van der Waals surface area (Å²) in [4.78, 5) is 21.7. The lowest BCUT2D eigenvalue weighted by atomic mass is 9.95. The van der Waals surface area contributed by atoms with Gasteiger partial charge in [0.2, 0.25) is 5.91 Å². The fraction of sp³-hybridized carbons (Fsp3) is 0.500. The van der Waals surface area contributed by atoms with Gasteiger partial charge in [0.15, 0.2) is 11.5 Å². The molecule has 0 aliphatic carbocycles. The number of nitrogens with one attached hydrogen (secondary N) is 1. The van der Waals surface area contributed by atoms with Gasteiger partial charge >= 0.3 is 0 Å². The molecule has 7 nitrogen and oxygen atoms in total. The number of carbonyl (C=O) groups is 1. The van der Waals surface area contributed by atoms with E-state index in [0.717, 1.165) is 55.5 Å². The van der Waals surface area contributed by atoms with Gasteiger partial charge in [-0.2, -0.15) is 0 Å². The number of benzene rings is 1. The number of hydrogen-bond donors (Lipinski definition) is 1. The number of carbonyl (C=O) groups excluding carboxylic acids is 1. The van der Waals surface area contributed by atoms with Crippen molar-refractivity contribution in [2.75, 3.05) is 50.8 Å². The molecule has 4 rings (SSSR count). The fourth-order valence-corrected chi connectivity index (χ4v) is 4.23. The molecule has 1 aromatic heterocycles. The molecule has 0 spiro atoms. The van der Waals surface area contributed by atoms with Crippen molar-refractivity contribution in [2.24, 2.45) is 5.92 Å². The third-order valence-corrected chi connectivity index (χ3v) is 6.11. The van der Waals surface area contributed by atoms with Crippen LogP contribution in [0.1, 0.15) is 31.9 Å². The summed E-state index contributed by atoms with van der Waals surface area (Å²) in [6, 6.07) is 9.68. The number of nitrogens with zero attached hydrogens (tertiary/aromatic N) is 3. The third-order valence-electron chi connectivity index (χ3n) is 5.89. The van der Waals surface area contributed by atoms with Gasteiger partial charge in [0, 0.05) is 38.8 Å². The first-order valence-corrected chi connectivity index (χ1v) is 11.6. The summed E-state index contributed by atoms with van der Waals surface area (Å²) in [6.45, 7) is 9.22. The maximum Gasteiger partial charge on any atom is 0.234 e. The van der Waals surface area contributed by atoms with Gasteiger partial charge in [-0.1, -0.05) is 31.5 Å². The Morgan fingerprint density at radius 3 is 2.53 bits per heavy atom. The Hall–Kier alpha value is -2.51. The number of hydrogen-bond acceptors (Lipinski definition) is 6. The number of fused-ring (bicyclic) bond motifs is 1. The number of pyridine rings is 1. The first kappa shape index (κ1) is 22.7. The van der Waals surface area contributed by atoms with E-state index in [2.05, 4.69) is 33.9 Å². The molecule has 0 bridgehead atoms. The second-order valence-electron chi connectivity index (χ2n) is 8.64. The van der Waals surface area contributed by atoms with Gasteiger partial charge in [-0.25, -0.2) is 4.98 Å². The molecular weight excluding hydrogens is 428 g/mol. The highest BCUT2D eigenvalue weighted by atomic mass is 35.5. The van der Waals surface area contributed by atoms with Crippen molar-refractivity contribution < 1.29 is 14.3 Å². The van der Waals surface area contributed by atoms with Crippen LogP contribution in [0.3, 0.4) is 0 Å². The van der Waals surface area contributed by atoms with E-state index >= 15 is 0 Å². The Morgan fingerprint density at radius 2 is 1.84 bits per heavy atom. The number of anilines is 1. The number of amides is 1. The minimum atomic E-state index is -0.0841. The van der Waals surface area contributed by atoms with Crippen molar-refractivity contribution in [1.29, 1.82) is 0 Å². The lowest BCUT2D eigenvalue weighted by Gasteiger charge is -2.35. The molecule has 8 heteroatoms. The average Bonchev–Trinajstić information content (AvgIpc) is 3.03. The van der Waals surface area contributed by atoms with Gasteiger partial charge < -0.3 is 19.7 Å². The van der Waals surface area contributed by atoms with Crippen molar-refractivity contribution in [2.45, 2.75) is 26.3 Å². The molecule has 2 aromatic rings. The molecule has 172 valence electrons. The number of halogens is 1. The molecule has 2 aliphatic rings. The first-order valence-electron chi connectivity index (χ1n) is 11.3. The fourth-order valence-electron chi connectivity index (χ4n) is 4.12. The molecule has 1 N–H and O–H groups in total. The molecule has 1 aromatic carbocycles. The second-order valence-corrected chi connectivity index (χ2v) is 9.08. The standard InChI is InChI=1S/C24H31ClN4O3/c1-17(2)24(18-4-6-20-21(14-18)32-13-3-12-31-20)27-23(30)16-28-8-10-29(11-9-28)22-7-5-19(25)15-26-22/h4-7,14-15,17,24H,3,8-13,16H2,1-2H3,(H,27,30). The number of aromatic nitrogens is 1. The van der Waals surface area contributed by atoms with E-state index in [4.69, 9.17) is 21.1 Å². The molecule has 0 radical (unpaired) electrons. The van der Waals surface area contributed by atoms with Crippen LogP contribution >= 0.6 is 11.6 Å². The largest absolute Gasteiger partial charge is 0.490 e. The molecule has 1 unspecified atom stereocenters. The summed E-state index contributed by atoms with van der Waals surface area (Å²) in [6.07, 6.45) is 2.54. The Balaban J connectivity index is 1.33. The lowest BCUT2D eigenvalue weighted by molar-refractivity contribution is -0.123. The van der Waals surface area contributed by atoms with Gasteiger partial charge in [0.05, 0.1) is 30.8 Å². The topological polar surface area (TPSA) is 66.9 Å². The van der Waals surface area contributed by atoms with Gasteiger partial charge in [-0.3, -0.25) is 9.69 Å². The molecule has 2 aliphatic heterocycles. The Kier molecular flexibility index (Phi) is 7.37. The van der Waals surface area contributed by atoms with Crippen LogP contribution in [0.5, 0.6) is 11.5 Å². The summed E-state index contributed by atoms with van der Waals surface area (Å²) in [7, 11) is 0. The maximum atomic E-state index is 12.9. The minimum Gasteiger partial charge on any atom is -0.490 e. The molecule has 32 heavy (non-hydrogen) atoms. The monoisotopic (exact) mass is 458 g/mol. The Morgan fingerprint density at radius 1 is 1.09 bits per heavy atom. The summed E-state index contributed by atoms with van der Waals surface area (Å²) in [5.41, 5.74) is 1.04. The van der Waals surface area contributed by atoms with Crippen molar-refractivity contribution >= 4 is 23.3 Å². The Bertz CT molecular complexity index is 914. The van der Waals surface area contributed by atoms with E-state index < -0.39 is 0 Å². The lowest BCUT2D eigenvalue weighted by Crippen LogP contribution is -2.50. The zero-order chi connectivity index (χ0) is 22.5. The highest BCUT2D eigenvalue weighted by Crippen LogP contribution is 2.34. The summed E-state index contributed by atoms with van der Waals surface area (Å²) >= 11 is 5.93. The summed E-state index contributed by atoms with van der Waals surface area (Å²) in [5.74, 6) is 2.73. The molecule has 0 saturated carbocycles. The van der Waals surface area contributed by atoms with Crippen LogP contribution in [0, 0.1) is 5.92 Å². The van der Waals surface area contributed by atoms with E-state index in [1.54, 1.807) is 6.20 Å². The summed E-state index contributed by atoms with van der Waals surface area (Å²) < 4.78 is 11.6. The first-order chi connectivity index (χ1) is 15.5. The van der Waals surface area contributed by atoms with Crippen LogP contribution in [0.4, 0.5) is 5.82 Å². The highest BCUT2D eigenvalue weighted by molar-refractivity contribution is 6.30. The van der Waals surface area contributed by atoms with Gasteiger partial charge in [0.25, 0.3) is 0 Å². The Labute approximate surface area is 194 Å². The van der Waals surface area contributed by atoms with Crippen molar-refractivity contribution in [3.8, 4) is 11.5 Å². The van der Waals surface area contributed by atoms with Crippen molar-refractivity contribution in [3.63, 3.8) is 0 Å². The zero-order valence-corrected chi connectivity index (χ0v) is 19.5. The number of rotatable bonds is 6. The van der Waals surface area contributed by atoms with E-state index in [9.17, 15) is 4.79 Å². The average molecular weight is 459 g/mol. The molecule has 3 heterocycles. The van der Waals surface area contributed by atoms with Crippen molar-refractivity contribution in [3.05, 3.63) is 47.1 Å². The van der Waals surface area contributed by atoms with Crippen LogP contribution in [-0.2, 0) is 4.79 Å². The predicted octanol–water partition coefficient (Wildman–Crippen LogP) is 3.53. The third kappa shape index (κ3) is 5.64. The van der Waals surface area contributed by atoms with Crippen LogP contribution in [0.25, 0.3) is 0 Å². The number of ether oxygens (including phenoxy) is 2. The van der Waals surface area contributed by atoms with Crippen LogP contribution in [-0.4, -0.2) is 61.7 Å². The summed E-state index contributed by atoms with van der Waals surface area (Å²) in [5, 5.41) is 3.87. The maximum absolute atomic E-state index is 12.9. The predicted molar refractivity (Wildman–Crippen MR) is 126 cm³/mol. The van der Waals surface area contributed by atoms with E-state index in [0.29, 0.717) is 24.8 Å². The van der Waals surface area contributed by atoms with Gasteiger partial charge in [0.1, 0.15) is 5.82 Å². The zero-order valence-electron chi connectivity index (χ0n) is 18.7. The molecule has 1 saturated heterocycles. The SMILES string of the molecule is CC(C)C(NC(=O)CN1CCN(c2ccc(Cl)cn2)CC1)c1ccc2c(c1)OCCCO2. The van der Waals surface area contributed by atoms with E-state index in [-0.39, 0.29) is 17.9 Å². The van der Waals surface area contributed by atoms with E-state index in [1.807, 2.05) is 30.3 Å². The minimum absolute atomic E-state index is 0.0360. The van der Waals surface area contributed by atoms with Crippen LogP contribution < -0.4 is 19.7 Å². The van der Waals surface area contributed by atoms with Gasteiger partial charge in [-0.15, -0.1) is 0 Å². The molecule has 1 amide bonds. The van der Waals surface area contributed by atoms with Crippen molar-refractivity contribution in [1.82, 2.24) is 15.2 Å². The molecule has 1 atom stereocenters. The highest BCUT2D eigenvalue weighted by Gasteiger charge is 2.24. The van der Waals surface area contributed by atoms with Gasteiger partial charge in [-0.05, 0) is 35.7 Å². The van der Waals surface area contributed by atoms with E-state index in [1.165, 1.54) is 0 Å². The number of piperazine rings is 1. The van der Waals surface area contributed by atoms with Crippen LogP contribution in [0.2, 0.25) is 5.02 Å². The molecular formula is C24H31ClN4O3. The van der Waals surface area contributed by atoms with Crippen LogP contribution in [0.15, 0.2) is 36.5 Å². The smallest absolute Gasteiger partial charge is 0.234 e. The molecule has 1 fully saturated rings. The quantitative estimate of drug-likeness (QED) is 0.714. The second kappa shape index (κ2) is 10.4.